The summed E-state index contributed by atoms with van der Waals surface area (Å²) in [5.74, 6) is 0.838. The van der Waals surface area contributed by atoms with Crippen molar-refractivity contribution in [1.29, 1.82) is 0 Å². The summed E-state index contributed by atoms with van der Waals surface area (Å²) in [4.78, 5) is 24.0. The summed E-state index contributed by atoms with van der Waals surface area (Å²) >= 11 is 0. The van der Waals surface area contributed by atoms with Crippen LogP contribution in [0.3, 0.4) is 0 Å². The first-order valence-electron chi connectivity index (χ1n) is 8.39. The molecule has 2 amide bonds. The number of hydrogen-bond donors (Lipinski definition) is 2. The molecule has 1 aliphatic rings. The topological polar surface area (TPSA) is 67.4 Å². The second-order valence-electron chi connectivity index (χ2n) is 6.38. The predicted molar refractivity (Wildman–Crippen MR) is 97.9 cm³/mol. The van der Waals surface area contributed by atoms with Crippen LogP contribution < -0.4 is 15.4 Å². The van der Waals surface area contributed by atoms with Gasteiger partial charge in [-0.1, -0.05) is 17.7 Å². The molecule has 0 spiro atoms. The van der Waals surface area contributed by atoms with Crippen molar-refractivity contribution in [2.45, 2.75) is 26.2 Å². The number of anilines is 2. The molecule has 1 fully saturated rings. The maximum Gasteiger partial charge on any atom is 0.228 e. The molecule has 0 unspecified atom stereocenters. The lowest BCUT2D eigenvalue weighted by Crippen LogP contribution is -2.15. The smallest absolute Gasteiger partial charge is 0.228 e. The first-order chi connectivity index (χ1) is 12.0. The quantitative estimate of drug-likeness (QED) is 0.847. The van der Waals surface area contributed by atoms with Crippen LogP contribution in [0.5, 0.6) is 5.75 Å². The van der Waals surface area contributed by atoms with E-state index in [-0.39, 0.29) is 24.2 Å². The lowest BCUT2D eigenvalue weighted by Gasteiger charge is -2.11. The van der Waals surface area contributed by atoms with Crippen molar-refractivity contribution in [1.82, 2.24) is 0 Å². The lowest BCUT2D eigenvalue weighted by atomic mass is 10.1. The minimum absolute atomic E-state index is 0.0725. The van der Waals surface area contributed by atoms with Gasteiger partial charge in [-0.15, -0.1) is 0 Å². The fourth-order valence-corrected chi connectivity index (χ4v) is 2.65. The van der Waals surface area contributed by atoms with Crippen LogP contribution in [0, 0.1) is 12.8 Å². The Labute approximate surface area is 147 Å². The van der Waals surface area contributed by atoms with Gasteiger partial charge in [0.2, 0.25) is 11.8 Å². The maximum atomic E-state index is 12.3. The Hall–Kier alpha value is -2.82. The van der Waals surface area contributed by atoms with E-state index in [0.717, 1.165) is 29.7 Å². The number of benzene rings is 2. The monoisotopic (exact) mass is 338 g/mol. The van der Waals surface area contributed by atoms with Gasteiger partial charge in [0.1, 0.15) is 5.75 Å². The molecule has 130 valence electrons. The molecule has 0 atom stereocenters. The number of ether oxygens (including phenoxy) is 1. The zero-order valence-electron chi connectivity index (χ0n) is 14.5. The first-order valence-corrected chi connectivity index (χ1v) is 8.39. The number of aryl methyl sites for hydroxylation is 1. The van der Waals surface area contributed by atoms with Crippen molar-refractivity contribution in [3.63, 3.8) is 0 Å². The molecule has 3 rings (SSSR count). The average Bonchev–Trinajstić information content (AvgIpc) is 3.42. The summed E-state index contributed by atoms with van der Waals surface area (Å²) in [6.45, 7) is 1.98. The van der Waals surface area contributed by atoms with Crippen LogP contribution in [0.2, 0.25) is 0 Å². The molecular formula is C20H22N2O3. The van der Waals surface area contributed by atoms with Gasteiger partial charge in [-0.3, -0.25) is 9.59 Å². The minimum Gasteiger partial charge on any atom is -0.496 e. The van der Waals surface area contributed by atoms with Crippen LogP contribution in [0.15, 0.2) is 42.5 Å². The van der Waals surface area contributed by atoms with E-state index in [2.05, 4.69) is 10.6 Å². The van der Waals surface area contributed by atoms with Crippen LogP contribution in [0.25, 0.3) is 0 Å². The fourth-order valence-electron chi connectivity index (χ4n) is 2.65. The second kappa shape index (κ2) is 7.38. The molecule has 2 N–H and O–H groups in total. The molecule has 25 heavy (non-hydrogen) atoms. The molecule has 0 saturated heterocycles. The standard InChI is InChI=1S/C20H22N2O3/c1-13-3-10-18(25-2)15(11-13)12-19(23)21-16-6-8-17(9-7-16)22-20(24)14-4-5-14/h3,6-11,14H,4-5,12H2,1-2H3,(H,21,23)(H,22,24). The SMILES string of the molecule is COc1ccc(C)cc1CC(=O)Nc1ccc(NC(=O)C2CC2)cc1. The lowest BCUT2D eigenvalue weighted by molar-refractivity contribution is -0.117. The zero-order chi connectivity index (χ0) is 17.8. The Kier molecular flexibility index (Phi) is 5.03. The molecule has 0 aromatic heterocycles. The second-order valence-corrected chi connectivity index (χ2v) is 6.38. The third-order valence-corrected chi connectivity index (χ3v) is 4.17. The van der Waals surface area contributed by atoms with Crippen LogP contribution in [-0.2, 0) is 16.0 Å². The Bertz CT molecular complexity index is 780. The molecule has 0 heterocycles. The third kappa shape index (κ3) is 4.59. The van der Waals surface area contributed by atoms with Gasteiger partial charge in [0.25, 0.3) is 0 Å². The van der Waals surface area contributed by atoms with Crippen LogP contribution in [0.4, 0.5) is 11.4 Å². The normalized spacial score (nSPS) is 13.2. The number of methoxy groups -OCH3 is 1. The average molecular weight is 338 g/mol. The Morgan fingerprint density at radius 2 is 1.68 bits per heavy atom. The van der Waals surface area contributed by atoms with E-state index in [1.54, 1.807) is 31.4 Å². The van der Waals surface area contributed by atoms with Crippen molar-refractivity contribution in [3.8, 4) is 5.75 Å². The maximum absolute atomic E-state index is 12.3. The molecule has 2 aromatic rings. The number of carbonyl (C=O) groups is 2. The highest BCUT2D eigenvalue weighted by Gasteiger charge is 2.29. The van der Waals surface area contributed by atoms with Crippen molar-refractivity contribution in [3.05, 3.63) is 53.6 Å². The molecule has 1 saturated carbocycles. The summed E-state index contributed by atoms with van der Waals surface area (Å²) in [6.07, 6.45) is 2.19. The first kappa shape index (κ1) is 17.0. The molecular weight excluding hydrogens is 316 g/mol. The van der Waals surface area contributed by atoms with Gasteiger partial charge in [0.05, 0.1) is 13.5 Å². The Balaban J connectivity index is 1.59. The molecule has 1 aliphatic carbocycles. The number of hydrogen-bond acceptors (Lipinski definition) is 3. The highest BCUT2D eigenvalue weighted by molar-refractivity contribution is 5.95. The summed E-state index contributed by atoms with van der Waals surface area (Å²) in [6, 6.07) is 12.9. The third-order valence-electron chi connectivity index (χ3n) is 4.17. The highest BCUT2D eigenvalue weighted by atomic mass is 16.5. The van der Waals surface area contributed by atoms with E-state index in [9.17, 15) is 9.59 Å². The fraction of sp³-hybridized carbons (Fsp3) is 0.300. The van der Waals surface area contributed by atoms with E-state index in [0.29, 0.717) is 11.4 Å². The summed E-state index contributed by atoms with van der Waals surface area (Å²) in [5, 5.41) is 5.75. The van der Waals surface area contributed by atoms with Gasteiger partial charge >= 0.3 is 0 Å². The van der Waals surface area contributed by atoms with Gasteiger partial charge in [0, 0.05) is 22.9 Å². The van der Waals surface area contributed by atoms with Crippen molar-refractivity contribution < 1.29 is 14.3 Å². The van der Waals surface area contributed by atoms with Crippen LogP contribution >= 0.6 is 0 Å². The predicted octanol–water partition coefficient (Wildman–Crippen LogP) is 3.53. The van der Waals surface area contributed by atoms with Gasteiger partial charge in [-0.25, -0.2) is 0 Å². The molecule has 5 nitrogen and oxygen atoms in total. The van der Waals surface area contributed by atoms with Crippen molar-refractivity contribution in [2.75, 3.05) is 17.7 Å². The van der Waals surface area contributed by atoms with Gasteiger partial charge in [0.15, 0.2) is 0 Å². The number of nitrogens with one attached hydrogen (secondary N) is 2. The molecule has 0 radical (unpaired) electrons. The van der Waals surface area contributed by atoms with Crippen LogP contribution in [-0.4, -0.2) is 18.9 Å². The largest absolute Gasteiger partial charge is 0.496 e. The minimum atomic E-state index is -0.112. The summed E-state index contributed by atoms with van der Waals surface area (Å²) in [5.41, 5.74) is 3.38. The van der Waals surface area contributed by atoms with Crippen molar-refractivity contribution >= 4 is 23.2 Å². The van der Waals surface area contributed by atoms with E-state index >= 15 is 0 Å². The van der Waals surface area contributed by atoms with E-state index in [1.807, 2.05) is 25.1 Å². The Morgan fingerprint density at radius 1 is 1.04 bits per heavy atom. The molecule has 5 heteroatoms. The van der Waals surface area contributed by atoms with Gasteiger partial charge in [-0.2, -0.15) is 0 Å². The Morgan fingerprint density at radius 3 is 2.28 bits per heavy atom. The van der Waals surface area contributed by atoms with Crippen molar-refractivity contribution in [2.24, 2.45) is 5.92 Å². The molecule has 0 bridgehead atoms. The summed E-state index contributed by atoms with van der Waals surface area (Å²) < 4.78 is 5.31. The number of amides is 2. The van der Waals surface area contributed by atoms with Gasteiger partial charge < -0.3 is 15.4 Å². The molecule has 0 aliphatic heterocycles. The highest BCUT2D eigenvalue weighted by Crippen LogP contribution is 2.30. The van der Waals surface area contributed by atoms with E-state index < -0.39 is 0 Å². The number of carbonyl (C=O) groups excluding carboxylic acids is 2. The number of rotatable bonds is 6. The summed E-state index contributed by atoms with van der Waals surface area (Å²) in [7, 11) is 1.60. The van der Waals surface area contributed by atoms with Crippen LogP contribution in [0.1, 0.15) is 24.0 Å². The van der Waals surface area contributed by atoms with E-state index in [4.69, 9.17) is 4.74 Å². The molecule has 2 aromatic carbocycles. The van der Waals surface area contributed by atoms with E-state index in [1.165, 1.54) is 0 Å². The van der Waals surface area contributed by atoms with Gasteiger partial charge in [-0.05, 0) is 50.1 Å². The zero-order valence-corrected chi connectivity index (χ0v) is 14.5.